The van der Waals surface area contributed by atoms with Crippen LogP contribution < -0.4 is 0 Å². The highest BCUT2D eigenvalue weighted by atomic mass is 35.5. The van der Waals surface area contributed by atoms with Gasteiger partial charge in [-0.15, -0.1) is 11.3 Å². The number of aliphatic carboxylic acids is 1. The van der Waals surface area contributed by atoms with E-state index in [0.717, 1.165) is 9.90 Å². The second-order valence-corrected chi connectivity index (χ2v) is 5.57. The lowest BCUT2D eigenvalue weighted by atomic mass is 10.1. The van der Waals surface area contributed by atoms with Crippen molar-refractivity contribution in [3.8, 4) is 0 Å². The number of nitrogens with zero attached hydrogens (tertiary/aromatic N) is 1. The second kappa shape index (κ2) is 5.35. The molecule has 1 aliphatic heterocycles. The van der Waals surface area contributed by atoms with Crippen LogP contribution in [0.1, 0.15) is 18.5 Å². The highest BCUT2D eigenvalue weighted by Gasteiger charge is 2.33. The molecule has 2 rings (SSSR count). The van der Waals surface area contributed by atoms with Crippen molar-refractivity contribution in [2.45, 2.75) is 19.0 Å². The van der Waals surface area contributed by atoms with Crippen LogP contribution in [-0.2, 0) is 9.53 Å². The summed E-state index contributed by atoms with van der Waals surface area (Å²) in [6.45, 7) is 3.45. The molecule has 0 amide bonds. The Morgan fingerprint density at radius 1 is 1.76 bits per heavy atom. The fourth-order valence-electron chi connectivity index (χ4n) is 2.03. The fourth-order valence-corrected chi connectivity index (χ4v) is 3.00. The highest BCUT2D eigenvalue weighted by Crippen LogP contribution is 2.30. The van der Waals surface area contributed by atoms with E-state index in [9.17, 15) is 4.79 Å². The molecule has 1 aromatic heterocycles. The molecule has 17 heavy (non-hydrogen) atoms. The number of carboxylic acids is 1. The summed E-state index contributed by atoms with van der Waals surface area (Å²) in [7, 11) is 0. The Balaban J connectivity index is 2.16. The van der Waals surface area contributed by atoms with Crippen LogP contribution in [0.25, 0.3) is 0 Å². The molecule has 2 atom stereocenters. The van der Waals surface area contributed by atoms with Gasteiger partial charge in [0.15, 0.2) is 0 Å². The Morgan fingerprint density at radius 3 is 3.12 bits per heavy atom. The van der Waals surface area contributed by atoms with Gasteiger partial charge in [-0.05, 0) is 23.9 Å². The van der Waals surface area contributed by atoms with Crippen molar-refractivity contribution in [2.75, 3.05) is 19.8 Å². The Hall–Kier alpha value is -0.620. The topological polar surface area (TPSA) is 49.8 Å². The van der Waals surface area contributed by atoms with Crippen molar-refractivity contribution in [1.82, 2.24) is 4.90 Å². The molecule has 0 aromatic carbocycles. The minimum Gasteiger partial charge on any atom is -0.480 e. The van der Waals surface area contributed by atoms with E-state index >= 15 is 0 Å². The molecule has 4 nitrogen and oxygen atoms in total. The summed E-state index contributed by atoms with van der Waals surface area (Å²) >= 11 is 7.37. The molecule has 94 valence electrons. The Bertz CT molecular complexity index is 409. The third-order valence-electron chi connectivity index (χ3n) is 3.02. The average Bonchev–Trinajstić information content (AvgIpc) is 2.75. The summed E-state index contributed by atoms with van der Waals surface area (Å²) in [6.07, 6.45) is 0. The van der Waals surface area contributed by atoms with Crippen molar-refractivity contribution in [3.63, 3.8) is 0 Å². The van der Waals surface area contributed by atoms with Gasteiger partial charge < -0.3 is 9.84 Å². The largest absolute Gasteiger partial charge is 0.480 e. The normalized spacial score (nSPS) is 23.5. The predicted octanol–water partition coefficient (Wildman–Crippen LogP) is 2.25. The number of rotatable bonds is 3. The van der Waals surface area contributed by atoms with Crippen molar-refractivity contribution in [2.24, 2.45) is 0 Å². The standard InChI is InChI=1S/C11H14ClNO3S/c1-7(8-4-10(12)17-6-8)13-2-3-16-5-9(13)11(14)15/h4,6-7,9H,2-3,5H2,1H3,(H,14,15). The Labute approximate surface area is 109 Å². The molecule has 0 radical (unpaired) electrons. The maximum atomic E-state index is 11.2. The van der Waals surface area contributed by atoms with E-state index in [1.807, 2.05) is 23.3 Å². The molecular formula is C11H14ClNO3S. The zero-order chi connectivity index (χ0) is 12.4. The van der Waals surface area contributed by atoms with Crippen LogP contribution in [0.5, 0.6) is 0 Å². The number of hydrogen-bond acceptors (Lipinski definition) is 4. The van der Waals surface area contributed by atoms with E-state index in [2.05, 4.69) is 0 Å². The maximum Gasteiger partial charge on any atom is 0.323 e. The third-order valence-corrected chi connectivity index (χ3v) is 4.13. The molecule has 1 aromatic rings. The van der Waals surface area contributed by atoms with Crippen molar-refractivity contribution < 1.29 is 14.6 Å². The minimum absolute atomic E-state index is 0.0451. The van der Waals surface area contributed by atoms with Crippen LogP contribution in [0.3, 0.4) is 0 Å². The van der Waals surface area contributed by atoms with Gasteiger partial charge in [-0.25, -0.2) is 0 Å². The average molecular weight is 276 g/mol. The molecule has 2 unspecified atom stereocenters. The molecule has 1 saturated heterocycles. The zero-order valence-corrected chi connectivity index (χ0v) is 11.0. The first-order chi connectivity index (χ1) is 8.09. The van der Waals surface area contributed by atoms with E-state index < -0.39 is 12.0 Å². The molecule has 1 fully saturated rings. The predicted molar refractivity (Wildman–Crippen MR) is 66.7 cm³/mol. The van der Waals surface area contributed by atoms with Crippen LogP contribution in [0.2, 0.25) is 4.34 Å². The minimum atomic E-state index is -0.835. The van der Waals surface area contributed by atoms with E-state index in [4.69, 9.17) is 21.4 Å². The molecule has 0 aliphatic carbocycles. The summed E-state index contributed by atoms with van der Waals surface area (Å²) in [5.41, 5.74) is 1.06. The SMILES string of the molecule is CC(c1csc(Cl)c1)N1CCOCC1C(=O)O. The number of ether oxygens (including phenoxy) is 1. The van der Waals surface area contributed by atoms with Crippen LogP contribution in [0.4, 0.5) is 0 Å². The summed E-state index contributed by atoms with van der Waals surface area (Å²) in [5.74, 6) is -0.835. The number of carbonyl (C=O) groups is 1. The van der Waals surface area contributed by atoms with Gasteiger partial charge in [0.2, 0.25) is 0 Å². The number of carboxylic acid groups (broad SMARTS) is 1. The van der Waals surface area contributed by atoms with Gasteiger partial charge in [0.05, 0.1) is 17.6 Å². The number of thiophene rings is 1. The molecule has 6 heteroatoms. The van der Waals surface area contributed by atoms with Crippen LogP contribution in [0.15, 0.2) is 11.4 Å². The Kier molecular flexibility index (Phi) is 4.04. The van der Waals surface area contributed by atoms with Crippen molar-refractivity contribution >= 4 is 28.9 Å². The highest BCUT2D eigenvalue weighted by molar-refractivity contribution is 7.14. The van der Waals surface area contributed by atoms with Crippen molar-refractivity contribution in [1.29, 1.82) is 0 Å². The molecular weight excluding hydrogens is 262 g/mol. The van der Waals surface area contributed by atoms with Gasteiger partial charge in [0.25, 0.3) is 0 Å². The molecule has 0 bridgehead atoms. The first-order valence-corrected chi connectivity index (χ1v) is 6.65. The summed E-state index contributed by atoms with van der Waals surface area (Å²) < 4.78 is 5.95. The van der Waals surface area contributed by atoms with Crippen molar-refractivity contribution in [3.05, 3.63) is 21.3 Å². The third kappa shape index (κ3) is 2.80. The van der Waals surface area contributed by atoms with Gasteiger partial charge in [-0.2, -0.15) is 0 Å². The lowest BCUT2D eigenvalue weighted by Crippen LogP contribution is -2.50. The lowest BCUT2D eigenvalue weighted by Gasteiger charge is -2.37. The van der Waals surface area contributed by atoms with E-state index in [1.165, 1.54) is 11.3 Å². The maximum absolute atomic E-state index is 11.2. The summed E-state index contributed by atoms with van der Waals surface area (Å²) in [4.78, 5) is 13.1. The molecule has 0 spiro atoms. The van der Waals surface area contributed by atoms with Gasteiger partial charge >= 0.3 is 5.97 Å². The van der Waals surface area contributed by atoms with Crippen LogP contribution in [0, 0.1) is 0 Å². The monoisotopic (exact) mass is 275 g/mol. The number of halogens is 1. The molecule has 1 N–H and O–H groups in total. The van der Waals surface area contributed by atoms with Gasteiger partial charge in [-0.3, -0.25) is 9.69 Å². The fraction of sp³-hybridized carbons (Fsp3) is 0.545. The Morgan fingerprint density at radius 2 is 2.53 bits per heavy atom. The van der Waals surface area contributed by atoms with Gasteiger partial charge in [-0.1, -0.05) is 11.6 Å². The smallest absolute Gasteiger partial charge is 0.323 e. The lowest BCUT2D eigenvalue weighted by molar-refractivity contribution is -0.151. The van der Waals surface area contributed by atoms with Crippen LogP contribution in [-0.4, -0.2) is 41.8 Å². The first-order valence-electron chi connectivity index (χ1n) is 5.40. The van der Waals surface area contributed by atoms with Crippen LogP contribution >= 0.6 is 22.9 Å². The molecule has 1 aliphatic rings. The van der Waals surface area contributed by atoms with Gasteiger partial charge in [0.1, 0.15) is 6.04 Å². The van der Waals surface area contributed by atoms with E-state index in [-0.39, 0.29) is 12.6 Å². The second-order valence-electron chi connectivity index (χ2n) is 4.03. The molecule has 2 heterocycles. The summed E-state index contributed by atoms with van der Waals surface area (Å²) in [6, 6.07) is 1.37. The zero-order valence-electron chi connectivity index (χ0n) is 9.43. The van der Waals surface area contributed by atoms with E-state index in [0.29, 0.717) is 13.2 Å². The number of morpholine rings is 1. The van der Waals surface area contributed by atoms with Gasteiger partial charge in [0, 0.05) is 12.6 Å². The molecule has 0 saturated carbocycles. The number of hydrogen-bond donors (Lipinski definition) is 1. The quantitative estimate of drug-likeness (QED) is 0.919. The first kappa shape index (κ1) is 12.8. The van der Waals surface area contributed by atoms with E-state index in [1.54, 1.807) is 0 Å². The summed E-state index contributed by atoms with van der Waals surface area (Å²) in [5, 5.41) is 11.1.